The van der Waals surface area contributed by atoms with Gasteiger partial charge in [-0.2, -0.15) is 12.6 Å². The second kappa shape index (κ2) is 3.81. The average molecular weight is 174 g/mol. The molecular weight excluding hydrogens is 160 g/mol. The third-order valence-electron chi connectivity index (χ3n) is 0.949. The Morgan fingerprint density at radius 3 is 2.36 bits per heavy atom. The van der Waals surface area contributed by atoms with Crippen LogP contribution in [-0.2, 0) is 9.53 Å². The zero-order valence-corrected chi connectivity index (χ0v) is 8.07. The van der Waals surface area contributed by atoms with Crippen molar-refractivity contribution in [1.29, 1.82) is 0 Å². The highest BCUT2D eigenvalue weighted by atomic mass is 32.1. The molecule has 0 unspecified atom stereocenters. The maximum absolute atomic E-state index is 11.0. The quantitative estimate of drug-likeness (QED) is 0.401. The monoisotopic (exact) mass is 174 g/mol. The topological polar surface area (TPSA) is 26.3 Å². The molecule has 0 N–H and O–H groups in total. The van der Waals surface area contributed by atoms with Crippen LogP contribution in [0.15, 0.2) is 12.2 Å². The van der Waals surface area contributed by atoms with E-state index >= 15 is 0 Å². The molecule has 0 aromatic rings. The van der Waals surface area contributed by atoms with Crippen LogP contribution in [-0.4, -0.2) is 17.3 Å². The molecule has 11 heavy (non-hydrogen) atoms. The first-order valence-electron chi connectivity index (χ1n) is 3.38. The SMILES string of the molecule is C=C(C)COC(=O)C(C)(C)S. The van der Waals surface area contributed by atoms with E-state index in [9.17, 15) is 4.79 Å². The van der Waals surface area contributed by atoms with Gasteiger partial charge >= 0.3 is 5.97 Å². The van der Waals surface area contributed by atoms with Crippen LogP contribution in [0.5, 0.6) is 0 Å². The summed E-state index contributed by atoms with van der Waals surface area (Å²) in [7, 11) is 0. The number of carbonyl (C=O) groups excluding carboxylic acids is 1. The number of ether oxygens (including phenoxy) is 1. The van der Waals surface area contributed by atoms with Crippen LogP contribution in [0, 0.1) is 0 Å². The van der Waals surface area contributed by atoms with Crippen molar-refractivity contribution < 1.29 is 9.53 Å². The van der Waals surface area contributed by atoms with Crippen LogP contribution in [0.3, 0.4) is 0 Å². The van der Waals surface area contributed by atoms with Crippen LogP contribution in [0.25, 0.3) is 0 Å². The van der Waals surface area contributed by atoms with Crippen molar-refractivity contribution in [1.82, 2.24) is 0 Å². The Kier molecular flexibility index (Phi) is 3.66. The number of hydrogen-bond donors (Lipinski definition) is 1. The molecule has 0 atom stereocenters. The van der Waals surface area contributed by atoms with E-state index in [0.717, 1.165) is 5.57 Å². The minimum Gasteiger partial charge on any atom is -0.460 e. The van der Waals surface area contributed by atoms with Crippen LogP contribution in [0.2, 0.25) is 0 Å². The summed E-state index contributed by atoms with van der Waals surface area (Å²) < 4.78 is 4.14. The third kappa shape index (κ3) is 4.90. The van der Waals surface area contributed by atoms with Crippen LogP contribution >= 0.6 is 12.6 Å². The normalized spacial score (nSPS) is 10.9. The summed E-state index contributed by atoms with van der Waals surface area (Å²) in [5.41, 5.74) is 0.830. The van der Waals surface area contributed by atoms with Crippen molar-refractivity contribution in [3.63, 3.8) is 0 Å². The molecule has 0 spiro atoms. The zero-order chi connectivity index (χ0) is 9.07. The summed E-state index contributed by atoms with van der Waals surface area (Å²) in [5, 5.41) is 0. The van der Waals surface area contributed by atoms with Gasteiger partial charge in [0.2, 0.25) is 0 Å². The van der Waals surface area contributed by atoms with Gasteiger partial charge in [-0.05, 0) is 26.3 Å². The van der Waals surface area contributed by atoms with E-state index in [4.69, 9.17) is 4.74 Å². The van der Waals surface area contributed by atoms with Crippen LogP contribution in [0.1, 0.15) is 20.8 Å². The maximum atomic E-state index is 11.0. The molecule has 64 valence electrons. The Hall–Kier alpha value is -0.440. The van der Waals surface area contributed by atoms with Gasteiger partial charge in [0.1, 0.15) is 11.4 Å². The van der Waals surface area contributed by atoms with Gasteiger partial charge < -0.3 is 4.74 Å². The molecule has 0 aliphatic rings. The van der Waals surface area contributed by atoms with Crippen LogP contribution < -0.4 is 0 Å². The molecule has 0 heterocycles. The molecule has 0 bridgehead atoms. The highest BCUT2D eigenvalue weighted by molar-refractivity contribution is 7.82. The standard InChI is InChI=1S/C8H14O2S/c1-6(2)5-10-7(9)8(3,4)11/h11H,1,5H2,2-4H3. The second-order valence-electron chi connectivity index (χ2n) is 3.09. The van der Waals surface area contributed by atoms with Gasteiger partial charge in [-0.1, -0.05) is 6.58 Å². The Labute approximate surface area is 73.0 Å². The van der Waals surface area contributed by atoms with E-state index in [1.807, 2.05) is 0 Å². The van der Waals surface area contributed by atoms with Gasteiger partial charge in [0.25, 0.3) is 0 Å². The van der Waals surface area contributed by atoms with Crippen molar-refractivity contribution >= 4 is 18.6 Å². The lowest BCUT2D eigenvalue weighted by atomic mass is 10.2. The minimum atomic E-state index is -0.713. The van der Waals surface area contributed by atoms with Crippen molar-refractivity contribution in [2.45, 2.75) is 25.5 Å². The van der Waals surface area contributed by atoms with Crippen molar-refractivity contribution in [2.75, 3.05) is 6.61 Å². The van der Waals surface area contributed by atoms with Crippen LogP contribution in [0.4, 0.5) is 0 Å². The predicted molar refractivity (Wildman–Crippen MR) is 48.8 cm³/mol. The summed E-state index contributed by atoms with van der Waals surface area (Å²) in [5.74, 6) is -0.316. The fraction of sp³-hybridized carbons (Fsp3) is 0.625. The lowest BCUT2D eigenvalue weighted by Crippen LogP contribution is -2.27. The third-order valence-corrected chi connectivity index (χ3v) is 1.13. The first kappa shape index (κ1) is 10.6. The Bertz CT molecular complexity index is 167. The van der Waals surface area contributed by atoms with Gasteiger partial charge in [0.05, 0.1) is 0 Å². The van der Waals surface area contributed by atoms with E-state index in [2.05, 4.69) is 19.2 Å². The Morgan fingerprint density at radius 1 is 1.64 bits per heavy atom. The van der Waals surface area contributed by atoms with Gasteiger partial charge in [0, 0.05) is 0 Å². The fourth-order valence-electron chi connectivity index (χ4n) is 0.365. The number of rotatable bonds is 3. The zero-order valence-electron chi connectivity index (χ0n) is 7.18. The first-order valence-corrected chi connectivity index (χ1v) is 3.82. The molecule has 0 saturated heterocycles. The molecule has 0 amide bonds. The summed E-state index contributed by atoms with van der Waals surface area (Å²) >= 11 is 4.05. The molecule has 0 aliphatic carbocycles. The van der Waals surface area contributed by atoms with E-state index < -0.39 is 4.75 Å². The molecule has 0 aromatic carbocycles. The Morgan fingerprint density at radius 2 is 2.09 bits per heavy atom. The van der Waals surface area contributed by atoms with Crippen molar-refractivity contribution in [3.05, 3.63) is 12.2 Å². The molecule has 0 aromatic heterocycles. The number of hydrogen-bond acceptors (Lipinski definition) is 3. The highest BCUT2D eigenvalue weighted by Crippen LogP contribution is 2.13. The lowest BCUT2D eigenvalue weighted by molar-refractivity contribution is -0.144. The molecule has 0 fully saturated rings. The minimum absolute atomic E-state index is 0.281. The predicted octanol–water partition coefficient (Wildman–Crippen LogP) is 1.81. The van der Waals surface area contributed by atoms with Crippen molar-refractivity contribution in [3.8, 4) is 0 Å². The van der Waals surface area contributed by atoms with E-state index in [1.165, 1.54) is 0 Å². The van der Waals surface area contributed by atoms with Gasteiger partial charge in [-0.3, -0.25) is 4.79 Å². The molecule has 0 aliphatic heterocycles. The van der Waals surface area contributed by atoms with Gasteiger partial charge in [-0.25, -0.2) is 0 Å². The largest absolute Gasteiger partial charge is 0.460 e. The molecular formula is C8H14O2S. The fourth-order valence-corrected chi connectivity index (χ4v) is 0.430. The molecule has 0 saturated carbocycles. The molecule has 2 nitrogen and oxygen atoms in total. The highest BCUT2D eigenvalue weighted by Gasteiger charge is 2.23. The molecule has 0 radical (unpaired) electrons. The summed E-state index contributed by atoms with van der Waals surface area (Å²) in [6.45, 7) is 9.07. The number of thiol groups is 1. The summed E-state index contributed by atoms with van der Waals surface area (Å²) in [6, 6.07) is 0. The molecule has 3 heteroatoms. The summed E-state index contributed by atoms with van der Waals surface area (Å²) in [4.78, 5) is 11.0. The van der Waals surface area contributed by atoms with Crippen molar-refractivity contribution in [2.24, 2.45) is 0 Å². The summed E-state index contributed by atoms with van der Waals surface area (Å²) in [6.07, 6.45) is 0. The smallest absolute Gasteiger partial charge is 0.321 e. The average Bonchev–Trinajstić information content (AvgIpc) is 1.80. The molecule has 0 rings (SSSR count). The van der Waals surface area contributed by atoms with E-state index in [1.54, 1.807) is 20.8 Å². The van der Waals surface area contributed by atoms with Gasteiger partial charge in [0.15, 0.2) is 0 Å². The first-order chi connectivity index (χ1) is 4.84. The second-order valence-corrected chi connectivity index (χ2v) is 4.21. The lowest BCUT2D eigenvalue weighted by Gasteiger charge is -2.15. The number of carbonyl (C=O) groups is 1. The number of esters is 1. The van der Waals surface area contributed by atoms with E-state index in [-0.39, 0.29) is 12.6 Å². The maximum Gasteiger partial charge on any atom is 0.321 e. The van der Waals surface area contributed by atoms with E-state index in [0.29, 0.717) is 0 Å². The Balaban J connectivity index is 3.80. The van der Waals surface area contributed by atoms with Gasteiger partial charge in [-0.15, -0.1) is 0 Å².